The number of hydrogen-bond donors (Lipinski definition) is 7. The third-order valence-electron chi connectivity index (χ3n) is 11.1. The van der Waals surface area contributed by atoms with Crippen molar-refractivity contribution in [2.75, 3.05) is 13.6 Å². The van der Waals surface area contributed by atoms with Crippen LogP contribution in [-0.2, 0) is 35.1 Å². The minimum Gasteiger partial charge on any atom is -0.507 e. The Morgan fingerprint density at radius 2 is 1.47 bits per heavy atom. The highest BCUT2D eigenvalue weighted by Gasteiger charge is 2.43. The number of fused-ring (bicyclic) bond motifs is 5. The molecule has 1 saturated heterocycles. The average Bonchev–Trinajstić information content (AvgIpc) is 3.99. The first-order chi connectivity index (χ1) is 29.6. The molecule has 326 valence electrons. The van der Waals surface area contributed by atoms with Gasteiger partial charge in [0.25, 0.3) is 5.91 Å². The number of Topliss-reactive ketones (excluding diaryl/α,β-unsaturated/α-hetero) is 1. The highest BCUT2D eigenvalue weighted by Crippen LogP contribution is 2.39. The van der Waals surface area contributed by atoms with E-state index in [4.69, 9.17) is 22.1 Å². The number of unbranched alkanes of at least 4 members (excludes halogenated alkanes) is 1. The highest BCUT2D eigenvalue weighted by atomic mass is 35.5. The molecule has 4 aromatic rings. The van der Waals surface area contributed by atoms with Crippen molar-refractivity contribution in [2.24, 2.45) is 5.73 Å². The number of halogens is 1. The normalized spacial score (nSPS) is 20.6. The van der Waals surface area contributed by atoms with E-state index in [0.717, 1.165) is 16.0 Å². The van der Waals surface area contributed by atoms with Crippen molar-refractivity contribution in [3.05, 3.63) is 107 Å². The van der Waals surface area contributed by atoms with Gasteiger partial charge in [-0.1, -0.05) is 48.0 Å². The van der Waals surface area contributed by atoms with Gasteiger partial charge in [0.1, 0.15) is 41.8 Å². The van der Waals surface area contributed by atoms with Gasteiger partial charge in [-0.2, -0.15) is 0 Å². The fourth-order valence-corrected chi connectivity index (χ4v) is 7.58. The van der Waals surface area contributed by atoms with Gasteiger partial charge in [0.15, 0.2) is 5.78 Å². The number of carbonyl (C=O) groups is 6. The molecule has 15 nitrogen and oxygen atoms in total. The van der Waals surface area contributed by atoms with E-state index in [9.17, 15) is 39.0 Å². The molecule has 4 bridgehead atoms. The van der Waals surface area contributed by atoms with Crippen molar-refractivity contribution in [3.63, 3.8) is 0 Å². The van der Waals surface area contributed by atoms with Gasteiger partial charge in [-0.15, -0.1) is 0 Å². The molecule has 0 aromatic heterocycles. The van der Waals surface area contributed by atoms with E-state index in [2.05, 4.69) is 21.3 Å². The maximum absolute atomic E-state index is 14.6. The molecule has 2 aliphatic heterocycles. The van der Waals surface area contributed by atoms with Gasteiger partial charge in [-0.25, -0.2) is 0 Å². The Balaban J connectivity index is 1.31. The van der Waals surface area contributed by atoms with Crippen LogP contribution in [0.3, 0.4) is 0 Å². The van der Waals surface area contributed by atoms with Crippen molar-refractivity contribution >= 4 is 46.9 Å². The Hall–Kier alpha value is -6.29. The summed E-state index contributed by atoms with van der Waals surface area (Å²) in [4.78, 5) is 84.1. The SMILES string of the molecule is CC1NC(=O)C(N(C)C(=O)C(CCCCN)NC(=O)c2ccc(-c3ccc(Cl)cc3)cc2)c2ccc(O)c(c2)-c2cc(ccc2O)CC(C(=O)NC(C)C(=O)C2OC2C)NC1=O. The van der Waals surface area contributed by atoms with E-state index >= 15 is 0 Å². The van der Waals surface area contributed by atoms with Crippen LogP contribution in [0.4, 0.5) is 0 Å². The zero-order valence-electron chi connectivity index (χ0n) is 34.8. The lowest BCUT2D eigenvalue weighted by atomic mass is 9.93. The number of phenolic OH excluding ortho intramolecular Hbond substituents is 2. The molecular weight excluding hydrogens is 816 g/mol. The first-order valence-corrected chi connectivity index (χ1v) is 20.8. The number of aromatic hydroxyl groups is 2. The Morgan fingerprint density at radius 3 is 2.10 bits per heavy atom. The second kappa shape index (κ2) is 19.6. The number of likely N-dealkylation sites (N-methyl/N-ethyl adjacent to an activating group) is 1. The van der Waals surface area contributed by atoms with Crippen LogP contribution >= 0.6 is 11.6 Å². The van der Waals surface area contributed by atoms with Crippen molar-refractivity contribution in [3.8, 4) is 33.8 Å². The maximum atomic E-state index is 14.6. The summed E-state index contributed by atoms with van der Waals surface area (Å²) < 4.78 is 5.27. The van der Waals surface area contributed by atoms with Crippen LogP contribution in [0.2, 0.25) is 5.02 Å². The van der Waals surface area contributed by atoms with Crippen LogP contribution in [0.15, 0.2) is 84.9 Å². The third kappa shape index (κ3) is 10.6. The number of carbonyl (C=O) groups excluding carboxylic acids is 6. The lowest BCUT2D eigenvalue weighted by Gasteiger charge is -2.32. The monoisotopic (exact) mass is 866 g/mol. The van der Waals surface area contributed by atoms with E-state index in [-0.39, 0.29) is 52.9 Å². The molecule has 2 aliphatic rings. The lowest BCUT2D eigenvalue weighted by molar-refractivity contribution is -0.141. The van der Waals surface area contributed by atoms with Crippen molar-refractivity contribution in [1.29, 1.82) is 0 Å². The van der Waals surface area contributed by atoms with Crippen LogP contribution < -0.4 is 27.0 Å². The number of hydrogen-bond acceptors (Lipinski definition) is 10. The van der Waals surface area contributed by atoms with Crippen LogP contribution in [0, 0.1) is 0 Å². The molecule has 8 N–H and O–H groups in total. The van der Waals surface area contributed by atoms with Crippen molar-refractivity contribution < 1.29 is 43.7 Å². The standard InChI is InChI=1S/C46H51ClN6O9/c1-24(40(56)41-26(3)62-41)49-44(59)36-22-27-8-18-37(54)33(21-27)34-23-31(15-19-38(34)55)39(45(60)50-25(2)42(57)52-36)53(4)46(61)35(7-5-6-20-48)51-43(58)30-11-9-28(10-12-30)29-13-16-32(47)17-14-29/h8-19,21,23-26,35-36,39,41,54-55H,5-7,20,22,48H2,1-4H3,(H,49,59)(H,50,60)(H,51,58)(H,52,57). The van der Waals surface area contributed by atoms with Gasteiger partial charge < -0.3 is 46.9 Å². The molecule has 16 heteroatoms. The van der Waals surface area contributed by atoms with Crippen LogP contribution in [0.25, 0.3) is 22.3 Å². The molecule has 6 rings (SSSR count). The quantitative estimate of drug-likeness (QED) is 0.0756. The van der Waals surface area contributed by atoms with Gasteiger partial charge in [-0.3, -0.25) is 28.8 Å². The number of nitrogens with two attached hydrogens (primary N) is 1. The summed E-state index contributed by atoms with van der Waals surface area (Å²) in [6, 6.07) is 16.8. The van der Waals surface area contributed by atoms with Crippen molar-refractivity contribution in [1.82, 2.24) is 26.2 Å². The molecule has 62 heavy (non-hydrogen) atoms. The van der Waals surface area contributed by atoms with Crippen LogP contribution in [-0.4, -0.2) is 100 Å². The summed E-state index contributed by atoms with van der Waals surface area (Å²) in [5, 5.41) is 33.7. The molecule has 0 aliphatic carbocycles. The second-order valence-electron chi connectivity index (χ2n) is 15.8. The van der Waals surface area contributed by atoms with Crippen molar-refractivity contribution in [2.45, 2.75) is 88.9 Å². The smallest absolute Gasteiger partial charge is 0.251 e. The number of nitrogens with zero attached hydrogens (tertiary/aromatic N) is 1. The summed E-state index contributed by atoms with van der Waals surface area (Å²) in [6.07, 6.45) is 0.211. The summed E-state index contributed by atoms with van der Waals surface area (Å²) in [5.74, 6) is -4.17. The van der Waals surface area contributed by atoms with E-state index in [1.165, 1.54) is 45.2 Å². The minimum absolute atomic E-state index is 0.0904. The average molecular weight is 867 g/mol. The topological polar surface area (TPSA) is 233 Å². The maximum Gasteiger partial charge on any atom is 0.251 e. The molecule has 7 atom stereocenters. The number of nitrogens with one attached hydrogen (secondary N) is 4. The lowest BCUT2D eigenvalue weighted by Crippen LogP contribution is -2.57. The van der Waals surface area contributed by atoms with Gasteiger partial charge >= 0.3 is 0 Å². The Labute approximate surface area is 364 Å². The highest BCUT2D eigenvalue weighted by molar-refractivity contribution is 6.30. The Bertz CT molecular complexity index is 2340. The predicted molar refractivity (Wildman–Crippen MR) is 232 cm³/mol. The van der Waals surface area contributed by atoms with Gasteiger partial charge in [0.2, 0.25) is 23.6 Å². The summed E-state index contributed by atoms with van der Waals surface area (Å²) >= 11 is 6.05. The molecule has 1 fully saturated rings. The molecule has 0 spiro atoms. The van der Waals surface area contributed by atoms with Crippen LogP contribution in [0.1, 0.15) is 67.6 Å². The Morgan fingerprint density at radius 1 is 0.855 bits per heavy atom. The van der Waals surface area contributed by atoms with Gasteiger partial charge in [0.05, 0.1) is 12.1 Å². The molecular formula is C46H51ClN6O9. The number of epoxide rings is 1. The number of ether oxygens (including phenoxy) is 1. The first kappa shape index (κ1) is 45.2. The van der Waals surface area contributed by atoms with Crippen LogP contribution in [0.5, 0.6) is 11.5 Å². The second-order valence-corrected chi connectivity index (χ2v) is 16.2. The molecule has 2 heterocycles. The largest absolute Gasteiger partial charge is 0.507 e. The van der Waals surface area contributed by atoms with E-state index in [0.29, 0.717) is 35.5 Å². The number of ketones is 1. The molecule has 0 saturated carbocycles. The van der Waals surface area contributed by atoms with E-state index in [1.807, 2.05) is 12.1 Å². The summed E-state index contributed by atoms with van der Waals surface area (Å²) in [7, 11) is 1.39. The number of rotatable bonds is 13. The molecule has 4 aromatic carbocycles. The van der Waals surface area contributed by atoms with E-state index in [1.54, 1.807) is 55.5 Å². The predicted octanol–water partition coefficient (Wildman–Crippen LogP) is 3.92. The Kier molecular flexibility index (Phi) is 14.3. The third-order valence-corrected chi connectivity index (χ3v) is 11.4. The summed E-state index contributed by atoms with van der Waals surface area (Å²) in [5.41, 5.74) is 8.78. The minimum atomic E-state index is -1.43. The van der Waals surface area contributed by atoms with Gasteiger partial charge in [-0.05, 0) is 117 Å². The number of phenols is 2. The number of amides is 5. The fraction of sp³-hybridized carbons (Fsp3) is 0.348. The zero-order valence-corrected chi connectivity index (χ0v) is 35.6. The number of benzene rings is 4. The van der Waals surface area contributed by atoms with E-state index < -0.39 is 65.8 Å². The zero-order chi connectivity index (χ0) is 44.8. The molecule has 7 unspecified atom stereocenters. The first-order valence-electron chi connectivity index (χ1n) is 20.4. The molecule has 0 radical (unpaired) electrons. The van der Waals surface area contributed by atoms with Gasteiger partial charge in [0, 0.05) is 35.2 Å². The molecule has 5 amide bonds. The fourth-order valence-electron chi connectivity index (χ4n) is 7.45. The summed E-state index contributed by atoms with van der Waals surface area (Å²) in [6.45, 7) is 5.02.